The number of aromatic amines is 1. The Morgan fingerprint density at radius 3 is 2.92 bits per heavy atom. The van der Waals surface area contributed by atoms with Gasteiger partial charge < -0.3 is 20.3 Å². The van der Waals surface area contributed by atoms with E-state index in [1.54, 1.807) is 0 Å². The molecule has 25 heavy (non-hydrogen) atoms. The molecule has 3 N–H and O–H groups in total. The Morgan fingerprint density at radius 1 is 1.40 bits per heavy atom. The maximum Gasteiger partial charge on any atom is 0.318 e. The van der Waals surface area contributed by atoms with Crippen LogP contribution in [0.1, 0.15) is 51.4 Å². The second-order valence-corrected chi connectivity index (χ2v) is 7.17. The molecule has 1 aromatic carbocycles. The molecule has 6 nitrogen and oxygen atoms in total. The monoisotopic (exact) mass is 344 g/mol. The molecule has 1 aliphatic heterocycles. The smallest absolute Gasteiger partial charge is 0.318 e. The minimum atomic E-state index is -0.170. The maximum atomic E-state index is 12.9. The number of aliphatic hydroxyl groups excluding tert-OH is 1. The lowest BCUT2D eigenvalue weighted by Crippen LogP contribution is -2.50. The summed E-state index contributed by atoms with van der Waals surface area (Å²) in [5, 5.41) is 12.4. The minimum absolute atomic E-state index is 0.0580. The molecule has 3 rings (SSSR count). The number of aromatic nitrogens is 2. The standard InChI is InChI=1S/C19H28N4O2/c1-13(2)17(18-20-15-8-3-4-9-16(15)21-18)22-19(25)23-11-6-5-7-14(23)10-12-24/h3-4,8-9,13-14,17,24H,5-7,10-12H2,1-2H3,(H,20,21)(H,22,25). The molecule has 2 heterocycles. The van der Waals surface area contributed by atoms with Crippen molar-refractivity contribution >= 4 is 17.1 Å². The van der Waals surface area contributed by atoms with Gasteiger partial charge >= 0.3 is 6.03 Å². The molecule has 2 atom stereocenters. The fourth-order valence-corrected chi connectivity index (χ4v) is 3.60. The highest BCUT2D eigenvalue weighted by Gasteiger charge is 2.29. The molecule has 2 amide bonds. The van der Waals surface area contributed by atoms with Crippen molar-refractivity contribution < 1.29 is 9.90 Å². The summed E-state index contributed by atoms with van der Waals surface area (Å²) in [6.45, 7) is 5.03. The summed E-state index contributed by atoms with van der Waals surface area (Å²) in [5.41, 5.74) is 1.89. The Balaban J connectivity index is 1.77. The molecule has 0 radical (unpaired) electrons. The zero-order valence-electron chi connectivity index (χ0n) is 15.0. The van der Waals surface area contributed by atoms with Crippen LogP contribution in [0, 0.1) is 5.92 Å². The molecule has 0 aliphatic carbocycles. The molecule has 1 saturated heterocycles. The van der Waals surface area contributed by atoms with E-state index in [1.807, 2.05) is 29.2 Å². The molecule has 2 unspecified atom stereocenters. The number of imidazole rings is 1. The van der Waals surface area contributed by atoms with E-state index in [0.717, 1.165) is 42.7 Å². The summed E-state index contributed by atoms with van der Waals surface area (Å²) in [6.07, 6.45) is 3.74. The van der Waals surface area contributed by atoms with Gasteiger partial charge in [-0.25, -0.2) is 9.78 Å². The van der Waals surface area contributed by atoms with E-state index in [0.29, 0.717) is 6.42 Å². The number of piperidine rings is 1. The van der Waals surface area contributed by atoms with Crippen LogP contribution >= 0.6 is 0 Å². The number of H-pyrrole nitrogens is 1. The van der Waals surface area contributed by atoms with Crippen molar-refractivity contribution in [1.82, 2.24) is 20.2 Å². The number of hydrogen-bond donors (Lipinski definition) is 3. The first-order valence-electron chi connectivity index (χ1n) is 9.22. The number of amides is 2. The maximum absolute atomic E-state index is 12.9. The van der Waals surface area contributed by atoms with E-state index in [4.69, 9.17) is 0 Å². The third-order valence-electron chi connectivity index (χ3n) is 5.00. The number of aliphatic hydroxyl groups is 1. The summed E-state index contributed by atoms with van der Waals surface area (Å²) >= 11 is 0. The van der Waals surface area contributed by atoms with Crippen molar-refractivity contribution in [3.8, 4) is 0 Å². The number of rotatable bonds is 5. The molecule has 136 valence electrons. The average molecular weight is 344 g/mol. The molecule has 1 aliphatic rings. The van der Waals surface area contributed by atoms with Crippen molar-refractivity contribution in [2.24, 2.45) is 5.92 Å². The highest BCUT2D eigenvalue weighted by molar-refractivity contribution is 5.77. The lowest BCUT2D eigenvalue weighted by atomic mass is 9.99. The Morgan fingerprint density at radius 2 is 2.20 bits per heavy atom. The van der Waals surface area contributed by atoms with Crippen LogP contribution in [0.2, 0.25) is 0 Å². The third kappa shape index (κ3) is 3.95. The van der Waals surface area contributed by atoms with Crippen molar-refractivity contribution in [3.63, 3.8) is 0 Å². The molecular weight excluding hydrogens is 316 g/mol. The van der Waals surface area contributed by atoms with Gasteiger partial charge in [0.05, 0.1) is 17.1 Å². The van der Waals surface area contributed by atoms with E-state index in [2.05, 4.69) is 29.1 Å². The van der Waals surface area contributed by atoms with Gasteiger partial charge in [-0.05, 0) is 43.7 Å². The summed E-state index contributed by atoms with van der Waals surface area (Å²) in [5.74, 6) is 1.01. The molecule has 0 spiro atoms. The van der Waals surface area contributed by atoms with Gasteiger partial charge in [0.15, 0.2) is 0 Å². The first kappa shape index (κ1) is 17.7. The van der Waals surface area contributed by atoms with Crippen LogP contribution in [-0.2, 0) is 0 Å². The summed E-state index contributed by atoms with van der Waals surface area (Å²) in [7, 11) is 0. The Hall–Kier alpha value is -2.08. The van der Waals surface area contributed by atoms with Crippen LogP contribution in [0.5, 0.6) is 0 Å². The number of nitrogens with zero attached hydrogens (tertiary/aromatic N) is 2. The van der Waals surface area contributed by atoms with Crippen LogP contribution < -0.4 is 5.32 Å². The van der Waals surface area contributed by atoms with Crippen LogP contribution in [0.15, 0.2) is 24.3 Å². The highest BCUT2D eigenvalue weighted by Crippen LogP contribution is 2.24. The Kier molecular flexibility index (Phi) is 5.58. The van der Waals surface area contributed by atoms with E-state index in [9.17, 15) is 9.90 Å². The number of urea groups is 1. The highest BCUT2D eigenvalue weighted by atomic mass is 16.3. The molecule has 0 saturated carbocycles. The number of benzene rings is 1. The average Bonchev–Trinajstić information content (AvgIpc) is 3.03. The Labute approximate surface area is 148 Å². The van der Waals surface area contributed by atoms with Gasteiger partial charge in [0, 0.05) is 19.2 Å². The van der Waals surface area contributed by atoms with Crippen LogP contribution in [-0.4, -0.2) is 45.2 Å². The first-order valence-corrected chi connectivity index (χ1v) is 9.22. The van der Waals surface area contributed by atoms with E-state index >= 15 is 0 Å². The van der Waals surface area contributed by atoms with E-state index < -0.39 is 0 Å². The van der Waals surface area contributed by atoms with Crippen LogP contribution in [0.4, 0.5) is 4.79 Å². The summed E-state index contributed by atoms with van der Waals surface area (Å²) in [4.78, 5) is 22.8. The third-order valence-corrected chi connectivity index (χ3v) is 5.00. The molecule has 6 heteroatoms. The summed E-state index contributed by atoms with van der Waals surface area (Å²) < 4.78 is 0. The number of carbonyl (C=O) groups is 1. The van der Waals surface area contributed by atoms with Crippen molar-refractivity contribution in [2.45, 2.75) is 51.6 Å². The van der Waals surface area contributed by atoms with Crippen molar-refractivity contribution in [3.05, 3.63) is 30.1 Å². The van der Waals surface area contributed by atoms with Gasteiger partial charge in [-0.1, -0.05) is 26.0 Å². The predicted octanol–water partition coefficient (Wildman–Crippen LogP) is 3.21. The molecular formula is C19H28N4O2. The SMILES string of the molecule is CC(C)C(NC(=O)N1CCCCC1CCO)c1nc2ccccc2[nH]1. The minimum Gasteiger partial charge on any atom is -0.396 e. The van der Waals surface area contributed by atoms with Crippen LogP contribution in [0.25, 0.3) is 11.0 Å². The molecule has 0 bridgehead atoms. The number of nitrogens with one attached hydrogen (secondary N) is 2. The number of likely N-dealkylation sites (tertiary alicyclic amines) is 1. The number of para-hydroxylation sites is 2. The zero-order chi connectivity index (χ0) is 17.8. The second-order valence-electron chi connectivity index (χ2n) is 7.17. The second kappa shape index (κ2) is 7.87. The van der Waals surface area contributed by atoms with Gasteiger partial charge in [-0.3, -0.25) is 0 Å². The Bertz CT molecular complexity index is 677. The van der Waals surface area contributed by atoms with Gasteiger partial charge in [-0.15, -0.1) is 0 Å². The van der Waals surface area contributed by atoms with Crippen LogP contribution in [0.3, 0.4) is 0 Å². The zero-order valence-corrected chi connectivity index (χ0v) is 15.0. The van der Waals surface area contributed by atoms with Crippen molar-refractivity contribution in [1.29, 1.82) is 0 Å². The number of hydrogen-bond acceptors (Lipinski definition) is 3. The normalized spacial score (nSPS) is 19.4. The predicted molar refractivity (Wildman–Crippen MR) is 98.3 cm³/mol. The van der Waals surface area contributed by atoms with Gasteiger partial charge in [0.25, 0.3) is 0 Å². The fourth-order valence-electron chi connectivity index (χ4n) is 3.60. The fraction of sp³-hybridized carbons (Fsp3) is 0.579. The molecule has 1 fully saturated rings. The quantitative estimate of drug-likeness (QED) is 0.779. The van der Waals surface area contributed by atoms with Gasteiger partial charge in [0.2, 0.25) is 0 Å². The number of carbonyl (C=O) groups excluding carboxylic acids is 1. The molecule has 2 aromatic rings. The van der Waals surface area contributed by atoms with E-state index in [1.165, 1.54) is 0 Å². The largest absolute Gasteiger partial charge is 0.396 e. The van der Waals surface area contributed by atoms with Gasteiger partial charge in [-0.2, -0.15) is 0 Å². The van der Waals surface area contributed by atoms with E-state index in [-0.39, 0.29) is 30.6 Å². The lowest BCUT2D eigenvalue weighted by molar-refractivity contribution is 0.127. The lowest BCUT2D eigenvalue weighted by Gasteiger charge is -2.36. The first-order chi connectivity index (χ1) is 12.1. The van der Waals surface area contributed by atoms with Crippen molar-refractivity contribution in [2.75, 3.05) is 13.2 Å². The topological polar surface area (TPSA) is 81.2 Å². The number of fused-ring (bicyclic) bond motifs is 1. The summed E-state index contributed by atoms with van der Waals surface area (Å²) in [6, 6.07) is 7.80. The molecule has 1 aromatic heterocycles. The van der Waals surface area contributed by atoms with Gasteiger partial charge in [0.1, 0.15) is 5.82 Å².